The predicted octanol–water partition coefficient (Wildman–Crippen LogP) is 3.49. The minimum atomic E-state index is -0.353. The van der Waals surface area contributed by atoms with Gasteiger partial charge in [-0.05, 0) is 43.9 Å². The lowest BCUT2D eigenvalue weighted by Gasteiger charge is -2.17. The van der Waals surface area contributed by atoms with Crippen LogP contribution in [0.1, 0.15) is 11.6 Å². The molecule has 34 heavy (non-hydrogen) atoms. The molecule has 0 aliphatic rings. The van der Waals surface area contributed by atoms with Crippen molar-refractivity contribution in [3.8, 4) is 11.5 Å². The van der Waals surface area contributed by atoms with E-state index < -0.39 is 0 Å². The van der Waals surface area contributed by atoms with Crippen LogP contribution in [0.25, 0.3) is 22.7 Å². The van der Waals surface area contributed by atoms with Crippen LogP contribution in [0.2, 0.25) is 0 Å². The number of carbonyl (C=O) groups is 1. The highest BCUT2D eigenvalue weighted by Gasteiger charge is 2.17. The number of carbonyl (C=O) groups excluding carboxylic acids is 1. The summed E-state index contributed by atoms with van der Waals surface area (Å²) in [6.45, 7) is 0.575. The van der Waals surface area contributed by atoms with Gasteiger partial charge in [-0.15, -0.1) is 0 Å². The molecule has 2 aromatic carbocycles. The van der Waals surface area contributed by atoms with Gasteiger partial charge in [0.15, 0.2) is 11.3 Å². The molecule has 0 unspecified atom stereocenters. The van der Waals surface area contributed by atoms with Crippen molar-refractivity contribution in [1.82, 2.24) is 19.9 Å². The van der Waals surface area contributed by atoms with Crippen LogP contribution >= 0.6 is 0 Å². The number of aliphatic hydroxyl groups is 1. The average molecular weight is 459 g/mol. The lowest BCUT2D eigenvalue weighted by Crippen LogP contribution is -2.15. The second kappa shape index (κ2) is 10.7. The number of rotatable bonds is 9. The summed E-state index contributed by atoms with van der Waals surface area (Å²) in [5.74, 6) is 0.651. The number of hydrogen-bond acceptors (Lipinski definition) is 8. The Kier molecular flexibility index (Phi) is 7.26. The van der Waals surface area contributed by atoms with Crippen LogP contribution in [-0.2, 0) is 4.79 Å². The molecule has 0 aliphatic heterocycles. The summed E-state index contributed by atoms with van der Waals surface area (Å²) in [5.41, 5.74) is 3.12. The van der Waals surface area contributed by atoms with E-state index in [2.05, 4.69) is 25.6 Å². The Morgan fingerprint density at radius 1 is 1.12 bits per heavy atom. The normalized spacial score (nSPS) is 12.4. The molecule has 9 nitrogen and oxygen atoms in total. The van der Waals surface area contributed by atoms with Gasteiger partial charge in [-0.1, -0.05) is 36.4 Å². The number of nitrogens with one attached hydrogen (secondary N) is 2. The average Bonchev–Trinajstić information content (AvgIpc) is 3.28. The molecule has 9 heteroatoms. The molecule has 4 aromatic rings. The number of oxazole rings is 1. The molecular formula is C25H26N6O3. The third-order valence-electron chi connectivity index (χ3n) is 5.03. The first-order valence-electron chi connectivity index (χ1n) is 10.8. The molecule has 1 atom stereocenters. The number of aromatic nitrogens is 3. The Morgan fingerprint density at radius 3 is 2.59 bits per heavy atom. The van der Waals surface area contributed by atoms with E-state index >= 15 is 0 Å². The van der Waals surface area contributed by atoms with Gasteiger partial charge in [0.25, 0.3) is 5.71 Å². The Hall–Kier alpha value is -4.08. The lowest BCUT2D eigenvalue weighted by atomic mass is 10.1. The van der Waals surface area contributed by atoms with Gasteiger partial charge in [0, 0.05) is 23.9 Å². The molecule has 174 valence electrons. The SMILES string of the molecule is CN(C)CC=CC(=O)Nc1ccc(-c2nc3c(N[C@H](CO)c4ccccc4)ncnc3o2)cc1. The van der Waals surface area contributed by atoms with Crippen molar-refractivity contribution in [3.63, 3.8) is 0 Å². The van der Waals surface area contributed by atoms with E-state index in [0.29, 0.717) is 35.2 Å². The van der Waals surface area contributed by atoms with E-state index in [0.717, 1.165) is 11.1 Å². The molecule has 4 rings (SSSR count). The fourth-order valence-corrected chi connectivity index (χ4v) is 3.32. The van der Waals surface area contributed by atoms with Gasteiger partial charge >= 0.3 is 0 Å². The molecule has 0 fully saturated rings. The zero-order chi connectivity index (χ0) is 23.9. The van der Waals surface area contributed by atoms with Crippen molar-refractivity contribution >= 4 is 28.6 Å². The molecule has 2 heterocycles. The number of aliphatic hydroxyl groups excluding tert-OH is 1. The third-order valence-corrected chi connectivity index (χ3v) is 5.03. The molecule has 1 amide bonds. The molecule has 2 aromatic heterocycles. The van der Waals surface area contributed by atoms with Gasteiger partial charge in [0.2, 0.25) is 11.8 Å². The molecule has 0 saturated carbocycles. The largest absolute Gasteiger partial charge is 0.417 e. The second-order valence-electron chi connectivity index (χ2n) is 7.92. The van der Waals surface area contributed by atoms with Crippen LogP contribution in [0.4, 0.5) is 11.5 Å². The quantitative estimate of drug-likeness (QED) is 0.327. The van der Waals surface area contributed by atoms with E-state index in [-0.39, 0.29) is 18.6 Å². The Labute approximate surface area is 197 Å². The molecule has 0 bridgehead atoms. The predicted molar refractivity (Wildman–Crippen MR) is 131 cm³/mol. The Morgan fingerprint density at radius 2 is 1.88 bits per heavy atom. The summed E-state index contributed by atoms with van der Waals surface area (Å²) in [6.07, 6.45) is 4.70. The van der Waals surface area contributed by atoms with E-state index in [1.54, 1.807) is 18.2 Å². The smallest absolute Gasteiger partial charge is 0.252 e. The number of fused-ring (bicyclic) bond motifs is 1. The van der Waals surface area contributed by atoms with Crippen molar-refractivity contribution in [2.45, 2.75) is 6.04 Å². The van der Waals surface area contributed by atoms with Gasteiger partial charge in [0.1, 0.15) is 6.33 Å². The van der Waals surface area contributed by atoms with Crippen molar-refractivity contribution < 1.29 is 14.3 Å². The van der Waals surface area contributed by atoms with E-state index in [9.17, 15) is 9.90 Å². The number of nitrogens with zero attached hydrogens (tertiary/aromatic N) is 4. The molecule has 0 radical (unpaired) electrons. The van der Waals surface area contributed by atoms with Crippen LogP contribution in [-0.4, -0.2) is 58.1 Å². The number of anilines is 2. The highest BCUT2D eigenvalue weighted by atomic mass is 16.4. The number of benzene rings is 2. The van der Waals surface area contributed by atoms with Crippen LogP contribution < -0.4 is 10.6 Å². The maximum atomic E-state index is 12.0. The van der Waals surface area contributed by atoms with Gasteiger partial charge in [-0.3, -0.25) is 4.79 Å². The maximum absolute atomic E-state index is 12.0. The summed E-state index contributed by atoms with van der Waals surface area (Å²) >= 11 is 0. The fraction of sp³-hybridized carbons (Fsp3) is 0.200. The Balaban J connectivity index is 1.51. The Bertz CT molecular complexity index is 1270. The lowest BCUT2D eigenvalue weighted by molar-refractivity contribution is -0.111. The van der Waals surface area contributed by atoms with Crippen molar-refractivity contribution in [2.24, 2.45) is 0 Å². The fourth-order valence-electron chi connectivity index (χ4n) is 3.32. The zero-order valence-electron chi connectivity index (χ0n) is 19.0. The van der Waals surface area contributed by atoms with Crippen LogP contribution in [0.3, 0.4) is 0 Å². The number of likely N-dealkylation sites (N-methyl/N-ethyl adjacent to an activating group) is 1. The highest BCUT2D eigenvalue weighted by molar-refractivity contribution is 5.99. The molecule has 0 aliphatic carbocycles. The summed E-state index contributed by atoms with van der Waals surface area (Å²) in [7, 11) is 3.87. The summed E-state index contributed by atoms with van der Waals surface area (Å²) in [4.78, 5) is 27.0. The first-order valence-corrected chi connectivity index (χ1v) is 10.8. The molecule has 0 saturated heterocycles. The van der Waals surface area contributed by atoms with E-state index in [4.69, 9.17) is 4.42 Å². The molecular weight excluding hydrogens is 432 g/mol. The van der Waals surface area contributed by atoms with Crippen LogP contribution in [0.5, 0.6) is 0 Å². The van der Waals surface area contributed by atoms with Gasteiger partial charge in [0.05, 0.1) is 12.6 Å². The zero-order valence-corrected chi connectivity index (χ0v) is 19.0. The summed E-state index contributed by atoms with van der Waals surface area (Å²) in [5, 5.41) is 15.9. The molecule has 3 N–H and O–H groups in total. The topological polar surface area (TPSA) is 116 Å². The standard InChI is InChI=1S/C25H26N6O3/c1-31(2)14-6-9-21(33)28-19-12-10-18(11-13-19)24-30-22-23(26-16-27-25(22)34-24)29-20(15-32)17-7-4-3-5-8-17/h3-13,16,20,32H,14-15H2,1-2H3,(H,28,33)(H,26,27,29)/t20-/m1/s1. The number of hydrogen-bond donors (Lipinski definition) is 3. The second-order valence-corrected chi connectivity index (χ2v) is 7.92. The summed E-state index contributed by atoms with van der Waals surface area (Å²) < 4.78 is 5.84. The minimum Gasteiger partial charge on any atom is -0.417 e. The van der Waals surface area contributed by atoms with Crippen molar-refractivity contribution in [2.75, 3.05) is 37.9 Å². The maximum Gasteiger partial charge on any atom is 0.252 e. The van der Waals surface area contributed by atoms with Crippen LogP contribution in [0, 0.1) is 0 Å². The highest BCUT2D eigenvalue weighted by Crippen LogP contribution is 2.29. The van der Waals surface area contributed by atoms with Gasteiger partial charge < -0.3 is 25.1 Å². The van der Waals surface area contributed by atoms with Gasteiger partial charge in [-0.2, -0.15) is 4.98 Å². The van der Waals surface area contributed by atoms with E-state index in [1.807, 2.05) is 61.5 Å². The summed E-state index contributed by atoms with van der Waals surface area (Å²) in [6, 6.07) is 16.4. The van der Waals surface area contributed by atoms with Crippen LogP contribution in [0.15, 0.2) is 77.5 Å². The minimum absolute atomic E-state index is 0.113. The third kappa shape index (κ3) is 5.64. The van der Waals surface area contributed by atoms with Crippen molar-refractivity contribution in [1.29, 1.82) is 0 Å². The monoisotopic (exact) mass is 458 g/mol. The molecule has 0 spiro atoms. The van der Waals surface area contributed by atoms with Crippen molar-refractivity contribution in [3.05, 3.63) is 78.6 Å². The first kappa shape index (κ1) is 23.1. The van der Waals surface area contributed by atoms with Gasteiger partial charge in [-0.25, -0.2) is 9.97 Å². The van der Waals surface area contributed by atoms with E-state index in [1.165, 1.54) is 12.4 Å². The number of amides is 1. The first-order chi connectivity index (χ1) is 16.5.